The van der Waals surface area contributed by atoms with Gasteiger partial charge in [0.15, 0.2) is 11.4 Å². The number of rotatable bonds is 5. The van der Waals surface area contributed by atoms with Gasteiger partial charge in [-0.3, -0.25) is 10.2 Å². The van der Waals surface area contributed by atoms with E-state index in [1.54, 1.807) is 11.0 Å². The van der Waals surface area contributed by atoms with Crippen LogP contribution in [0.15, 0.2) is 71.3 Å². The molecule has 0 saturated carbocycles. The second-order valence-corrected chi connectivity index (χ2v) is 8.45. The van der Waals surface area contributed by atoms with Gasteiger partial charge in [-0.1, -0.05) is 41.0 Å². The predicted molar refractivity (Wildman–Crippen MR) is 128 cm³/mol. The number of halogens is 2. The van der Waals surface area contributed by atoms with Crippen molar-refractivity contribution < 1.29 is 18.4 Å². The molecule has 4 aromatic rings. The zero-order valence-corrected chi connectivity index (χ0v) is 19.0. The highest BCUT2D eigenvalue weighted by atomic mass is 35.5. The second-order valence-electron chi connectivity index (χ2n) is 8.05. The molecular weight excluding hydrogens is 459 g/mol. The van der Waals surface area contributed by atoms with Crippen molar-refractivity contribution in [3.8, 4) is 11.5 Å². The van der Waals surface area contributed by atoms with Crippen molar-refractivity contribution in [2.24, 2.45) is 0 Å². The molecule has 1 aromatic heterocycles. The monoisotopic (exact) mass is 480 g/mol. The van der Waals surface area contributed by atoms with E-state index in [1.807, 2.05) is 48.5 Å². The van der Waals surface area contributed by atoms with Gasteiger partial charge in [-0.25, -0.2) is 9.18 Å². The number of urea groups is 1. The Kier molecular flexibility index (Phi) is 6.33. The highest BCUT2D eigenvalue weighted by molar-refractivity contribution is 6.30. The van der Waals surface area contributed by atoms with Crippen LogP contribution in [-0.2, 0) is 6.54 Å². The molecule has 0 spiro atoms. The minimum Gasteiger partial charge on any atom is -0.457 e. The third kappa shape index (κ3) is 4.98. The Morgan fingerprint density at radius 1 is 1.03 bits per heavy atom. The Bertz CT molecular complexity index is 1320. The largest absolute Gasteiger partial charge is 0.457 e. The van der Waals surface area contributed by atoms with Crippen LogP contribution in [0.25, 0.3) is 11.0 Å². The standard InChI is InChI=1S/C25H22ClFN4O3/c26-21-15-19(8-9-22(21)27)33-18-5-3-4-17(14-18)16-30-10-12-31(13-11-30)25(32)28-24-20-6-1-2-7-23(20)34-29-24/h1-9,14-15H,10-13,16H2,(H,28,29,32). The highest BCUT2D eigenvalue weighted by Gasteiger charge is 2.22. The first-order valence-corrected chi connectivity index (χ1v) is 11.3. The van der Waals surface area contributed by atoms with E-state index < -0.39 is 5.82 Å². The summed E-state index contributed by atoms with van der Waals surface area (Å²) in [5.41, 5.74) is 1.72. The van der Waals surface area contributed by atoms with Gasteiger partial charge < -0.3 is 14.2 Å². The van der Waals surface area contributed by atoms with Crippen molar-refractivity contribution in [1.82, 2.24) is 15.0 Å². The number of nitrogens with zero attached hydrogens (tertiary/aromatic N) is 3. The van der Waals surface area contributed by atoms with Crippen LogP contribution in [0, 0.1) is 5.82 Å². The molecule has 3 aromatic carbocycles. The number of nitrogens with one attached hydrogen (secondary N) is 1. The lowest BCUT2D eigenvalue weighted by Crippen LogP contribution is -2.49. The number of carbonyl (C=O) groups excluding carboxylic acids is 1. The summed E-state index contributed by atoms with van der Waals surface area (Å²) >= 11 is 5.84. The zero-order valence-electron chi connectivity index (χ0n) is 18.2. The topological polar surface area (TPSA) is 70.8 Å². The van der Waals surface area contributed by atoms with Crippen LogP contribution in [0.4, 0.5) is 15.0 Å². The van der Waals surface area contributed by atoms with Crippen LogP contribution in [-0.4, -0.2) is 47.2 Å². The first kappa shape index (κ1) is 22.2. The first-order chi connectivity index (χ1) is 16.5. The molecule has 0 bridgehead atoms. The molecule has 174 valence electrons. The molecule has 5 rings (SSSR count). The molecule has 1 fully saturated rings. The molecule has 0 aliphatic carbocycles. The average molecular weight is 481 g/mol. The van der Waals surface area contributed by atoms with Crippen molar-refractivity contribution in [2.75, 3.05) is 31.5 Å². The Balaban J connectivity index is 1.15. The minimum absolute atomic E-state index is 0.0206. The zero-order chi connectivity index (χ0) is 23.5. The van der Waals surface area contributed by atoms with E-state index in [4.69, 9.17) is 20.9 Å². The summed E-state index contributed by atoms with van der Waals surface area (Å²) in [6.07, 6.45) is 0. The van der Waals surface area contributed by atoms with E-state index >= 15 is 0 Å². The van der Waals surface area contributed by atoms with E-state index in [-0.39, 0.29) is 11.1 Å². The molecule has 1 aliphatic rings. The highest BCUT2D eigenvalue weighted by Crippen LogP contribution is 2.27. The molecule has 0 atom stereocenters. The first-order valence-electron chi connectivity index (χ1n) is 10.9. The molecular formula is C25H22ClFN4O3. The van der Waals surface area contributed by atoms with E-state index in [0.717, 1.165) is 30.6 Å². The number of carbonyl (C=O) groups is 1. The van der Waals surface area contributed by atoms with Crippen molar-refractivity contribution in [3.63, 3.8) is 0 Å². The van der Waals surface area contributed by atoms with Crippen LogP contribution < -0.4 is 10.1 Å². The number of hydrogen-bond acceptors (Lipinski definition) is 5. The molecule has 7 nitrogen and oxygen atoms in total. The van der Waals surface area contributed by atoms with Crippen molar-refractivity contribution in [2.45, 2.75) is 6.54 Å². The van der Waals surface area contributed by atoms with Crippen molar-refractivity contribution in [1.29, 1.82) is 0 Å². The molecule has 34 heavy (non-hydrogen) atoms. The van der Waals surface area contributed by atoms with Crippen LogP contribution in [0.5, 0.6) is 11.5 Å². The van der Waals surface area contributed by atoms with Gasteiger partial charge in [-0.2, -0.15) is 0 Å². The van der Waals surface area contributed by atoms with Crippen LogP contribution in [0.3, 0.4) is 0 Å². The fraction of sp³-hybridized carbons (Fsp3) is 0.200. The number of benzene rings is 3. The molecule has 9 heteroatoms. The number of fused-ring (bicyclic) bond motifs is 1. The summed E-state index contributed by atoms with van der Waals surface area (Å²) in [7, 11) is 0. The maximum atomic E-state index is 13.4. The van der Waals surface area contributed by atoms with E-state index in [9.17, 15) is 9.18 Å². The fourth-order valence-electron chi connectivity index (χ4n) is 3.91. The quantitative estimate of drug-likeness (QED) is 0.393. The lowest BCUT2D eigenvalue weighted by molar-refractivity contribution is 0.143. The molecule has 0 unspecified atom stereocenters. The maximum Gasteiger partial charge on any atom is 0.323 e. The van der Waals surface area contributed by atoms with Gasteiger partial charge in [0.25, 0.3) is 0 Å². The van der Waals surface area contributed by atoms with Crippen LogP contribution in [0.1, 0.15) is 5.56 Å². The van der Waals surface area contributed by atoms with Crippen LogP contribution in [0.2, 0.25) is 5.02 Å². The predicted octanol–water partition coefficient (Wildman–Crippen LogP) is 5.76. The van der Waals surface area contributed by atoms with Crippen molar-refractivity contribution >= 4 is 34.4 Å². The normalized spacial score (nSPS) is 14.4. The SMILES string of the molecule is O=C(Nc1noc2ccccc12)N1CCN(Cc2cccc(Oc3ccc(F)c(Cl)c3)c2)CC1. The third-order valence-electron chi connectivity index (χ3n) is 5.69. The Morgan fingerprint density at radius 3 is 2.65 bits per heavy atom. The molecule has 2 heterocycles. The molecule has 1 aliphatic heterocycles. The maximum absolute atomic E-state index is 13.4. The summed E-state index contributed by atoms with van der Waals surface area (Å²) in [5, 5.41) is 7.62. The molecule has 2 amide bonds. The van der Waals surface area contributed by atoms with E-state index in [2.05, 4.69) is 15.4 Å². The Hall–Kier alpha value is -3.62. The number of amides is 2. The van der Waals surface area contributed by atoms with E-state index in [0.29, 0.717) is 36.0 Å². The smallest absolute Gasteiger partial charge is 0.323 e. The average Bonchev–Trinajstić information content (AvgIpc) is 3.25. The lowest BCUT2D eigenvalue weighted by Gasteiger charge is -2.34. The Labute approximate surface area is 200 Å². The minimum atomic E-state index is -0.482. The van der Waals surface area contributed by atoms with Gasteiger partial charge in [0.05, 0.1) is 10.4 Å². The number of hydrogen-bond donors (Lipinski definition) is 1. The van der Waals surface area contributed by atoms with Gasteiger partial charge in [0, 0.05) is 38.8 Å². The van der Waals surface area contributed by atoms with Gasteiger partial charge in [0.2, 0.25) is 0 Å². The van der Waals surface area contributed by atoms with Gasteiger partial charge in [0.1, 0.15) is 17.3 Å². The number of piperazine rings is 1. The number of aromatic nitrogens is 1. The fourth-order valence-corrected chi connectivity index (χ4v) is 4.08. The van der Waals surface area contributed by atoms with Crippen LogP contribution >= 0.6 is 11.6 Å². The third-order valence-corrected chi connectivity index (χ3v) is 5.98. The lowest BCUT2D eigenvalue weighted by atomic mass is 10.2. The number of anilines is 1. The summed E-state index contributed by atoms with van der Waals surface area (Å²) in [6, 6.07) is 19.2. The van der Waals surface area contributed by atoms with Gasteiger partial charge in [-0.15, -0.1) is 0 Å². The van der Waals surface area contributed by atoms with Gasteiger partial charge >= 0.3 is 6.03 Å². The number of para-hydroxylation sites is 1. The van der Waals surface area contributed by atoms with Crippen molar-refractivity contribution in [3.05, 3.63) is 83.1 Å². The summed E-state index contributed by atoms with van der Waals surface area (Å²) in [4.78, 5) is 16.8. The van der Waals surface area contributed by atoms with E-state index in [1.165, 1.54) is 12.1 Å². The molecule has 0 radical (unpaired) electrons. The second kappa shape index (κ2) is 9.70. The molecule has 1 saturated heterocycles. The molecule has 1 N–H and O–H groups in total. The summed E-state index contributed by atoms with van der Waals surface area (Å²) in [5.74, 6) is 1.08. The summed E-state index contributed by atoms with van der Waals surface area (Å²) < 4.78 is 24.4. The number of ether oxygens (including phenoxy) is 1. The van der Waals surface area contributed by atoms with Gasteiger partial charge in [-0.05, 0) is 42.0 Å². The Morgan fingerprint density at radius 2 is 1.82 bits per heavy atom. The summed E-state index contributed by atoms with van der Waals surface area (Å²) in [6.45, 7) is 3.42.